The lowest BCUT2D eigenvalue weighted by molar-refractivity contribution is -0.121. The highest BCUT2D eigenvalue weighted by atomic mass is 35.5. The Kier molecular flexibility index (Phi) is 7.79. The normalized spacial score (nSPS) is 15.2. The highest BCUT2D eigenvalue weighted by molar-refractivity contribution is 6.30. The van der Waals surface area contributed by atoms with Crippen LogP contribution in [0.5, 0.6) is 0 Å². The maximum Gasteiger partial charge on any atom is 0.321 e. The Morgan fingerprint density at radius 1 is 1.00 bits per heavy atom. The number of urea groups is 1. The molecule has 1 aliphatic rings. The Bertz CT molecular complexity index is 1370. The minimum atomic E-state index is -0.291. The van der Waals surface area contributed by atoms with Crippen molar-refractivity contribution in [2.24, 2.45) is 0 Å². The van der Waals surface area contributed by atoms with E-state index >= 15 is 0 Å². The van der Waals surface area contributed by atoms with E-state index < -0.39 is 0 Å². The van der Waals surface area contributed by atoms with Gasteiger partial charge in [-0.05, 0) is 35.9 Å². The van der Waals surface area contributed by atoms with Crippen molar-refractivity contribution in [3.8, 4) is 5.95 Å². The third kappa shape index (κ3) is 6.27. The van der Waals surface area contributed by atoms with Crippen LogP contribution in [0.3, 0.4) is 0 Å². The zero-order valence-corrected chi connectivity index (χ0v) is 21.3. The number of nitrogens with one attached hydrogen (secondary N) is 2. The summed E-state index contributed by atoms with van der Waals surface area (Å²) in [6.45, 7) is 1.74. The summed E-state index contributed by atoms with van der Waals surface area (Å²) in [7, 11) is 0. The van der Waals surface area contributed by atoms with Crippen molar-refractivity contribution in [3.63, 3.8) is 0 Å². The lowest BCUT2D eigenvalue weighted by Gasteiger charge is -2.41. The van der Waals surface area contributed by atoms with Gasteiger partial charge in [-0.2, -0.15) is 4.98 Å². The van der Waals surface area contributed by atoms with Crippen LogP contribution in [0.15, 0.2) is 85.6 Å². The Labute approximate surface area is 225 Å². The zero-order valence-electron chi connectivity index (χ0n) is 20.6. The summed E-state index contributed by atoms with van der Waals surface area (Å²) in [6.07, 6.45) is 6.93. The molecule has 4 aromatic rings. The Balaban J connectivity index is 1.31. The van der Waals surface area contributed by atoms with Gasteiger partial charge in [0, 0.05) is 61.9 Å². The topological polar surface area (TPSA) is 108 Å². The minimum Gasteiger partial charge on any atom is -0.352 e. The Hall–Kier alpha value is -4.44. The smallest absolute Gasteiger partial charge is 0.321 e. The van der Waals surface area contributed by atoms with Gasteiger partial charge in [0.15, 0.2) is 0 Å². The van der Waals surface area contributed by atoms with Crippen LogP contribution in [0.1, 0.15) is 12.0 Å². The molecule has 11 heteroatoms. The van der Waals surface area contributed by atoms with E-state index in [1.54, 1.807) is 46.5 Å². The first-order chi connectivity index (χ1) is 18.5. The van der Waals surface area contributed by atoms with Crippen molar-refractivity contribution in [3.05, 3.63) is 96.2 Å². The molecule has 0 saturated carbocycles. The van der Waals surface area contributed by atoms with Crippen molar-refractivity contribution in [1.82, 2.24) is 29.7 Å². The van der Waals surface area contributed by atoms with Gasteiger partial charge < -0.3 is 20.4 Å². The minimum absolute atomic E-state index is 0.121. The lowest BCUT2D eigenvalue weighted by Crippen LogP contribution is -2.57. The van der Waals surface area contributed by atoms with Crippen molar-refractivity contribution >= 4 is 35.0 Å². The molecular formula is C27H27ClN8O2. The molecule has 0 spiro atoms. The molecule has 1 fully saturated rings. The number of nitrogens with zero attached hydrogens (tertiary/aromatic N) is 6. The Morgan fingerprint density at radius 3 is 2.58 bits per heavy atom. The predicted molar refractivity (Wildman–Crippen MR) is 145 cm³/mol. The zero-order chi connectivity index (χ0) is 26.3. The van der Waals surface area contributed by atoms with Gasteiger partial charge in [-0.25, -0.2) is 14.8 Å². The summed E-state index contributed by atoms with van der Waals surface area (Å²) >= 11 is 5.97. The van der Waals surface area contributed by atoms with Crippen LogP contribution in [-0.4, -0.2) is 62.0 Å². The molecule has 38 heavy (non-hydrogen) atoms. The molecule has 2 aromatic heterocycles. The number of halogens is 1. The van der Waals surface area contributed by atoms with Gasteiger partial charge in [0.05, 0.1) is 6.04 Å². The SMILES string of the molecule is O=C(CC1CN(C(=O)Nc2ccccc2)CCN1c1ccnc(-n2ccnc2)n1)NCc1ccc(Cl)cc1. The summed E-state index contributed by atoms with van der Waals surface area (Å²) in [4.78, 5) is 43.0. The maximum absolute atomic E-state index is 13.0. The average molecular weight is 531 g/mol. The summed E-state index contributed by atoms with van der Waals surface area (Å²) in [5.74, 6) is 1.04. The van der Waals surface area contributed by atoms with E-state index in [-0.39, 0.29) is 24.4 Å². The van der Waals surface area contributed by atoms with E-state index in [9.17, 15) is 9.59 Å². The number of aromatic nitrogens is 4. The van der Waals surface area contributed by atoms with E-state index in [0.29, 0.717) is 43.0 Å². The van der Waals surface area contributed by atoms with Gasteiger partial charge in [0.1, 0.15) is 12.1 Å². The molecule has 1 atom stereocenters. The molecule has 0 bridgehead atoms. The number of amides is 3. The molecular weight excluding hydrogens is 504 g/mol. The number of imidazole rings is 1. The third-order valence-corrected chi connectivity index (χ3v) is 6.53. The quantitative estimate of drug-likeness (QED) is 0.377. The van der Waals surface area contributed by atoms with Crippen molar-refractivity contribution in [2.75, 3.05) is 29.9 Å². The number of piperazine rings is 1. The number of anilines is 2. The number of hydrogen-bond acceptors (Lipinski definition) is 6. The Morgan fingerprint density at radius 2 is 1.82 bits per heavy atom. The summed E-state index contributed by atoms with van der Waals surface area (Å²) in [5.41, 5.74) is 1.67. The van der Waals surface area contributed by atoms with Crippen LogP contribution in [0.25, 0.3) is 5.95 Å². The van der Waals surface area contributed by atoms with Gasteiger partial charge in [-0.3, -0.25) is 9.36 Å². The highest BCUT2D eigenvalue weighted by Crippen LogP contribution is 2.22. The molecule has 2 N–H and O–H groups in total. The van der Waals surface area contributed by atoms with E-state index in [1.165, 1.54) is 0 Å². The van der Waals surface area contributed by atoms with Gasteiger partial charge in [-0.1, -0.05) is 41.9 Å². The van der Waals surface area contributed by atoms with Crippen LogP contribution in [0.2, 0.25) is 5.02 Å². The van der Waals surface area contributed by atoms with Crippen molar-refractivity contribution < 1.29 is 9.59 Å². The largest absolute Gasteiger partial charge is 0.352 e. The number of benzene rings is 2. The number of carbonyl (C=O) groups is 2. The number of hydrogen-bond donors (Lipinski definition) is 2. The van der Waals surface area contributed by atoms with Crippen LogP contribution < -0.4 is 15.5 Å². The van der Waals surface area contributed by atoms with E-state index in [1.807, 2.05) is 48.5 Å². The second kappa shape index (κ2) is 11.7. The van der Waals surface area contributed by atoms with Crippen LogP contribution >= 0.6 is 11.6 Å². The van der Waals surface area contributed by atoms with Gasteiger partial charge in [0.2, 0.25) is 11.9 Å². The maximum atomic E-state index is 13.0. The molecule has 194 valence electrons. The summed E-state index contributed by atoms with van der Waals surface area (Å²) < 4.78 is 1.72. The van der Waals surface area contributed by atoms with E-state index in [2.05, 4.69) is 25.5 Å². The first kappa shape index (κ1) is 25.2. The molecule has 0 radical (unpaired) electrons. The molecule has 1 saturated heterocycles. The molecule has 0 aliphatic carbocycles. The fourth-order valence-corrected chi connectivity index (χ4v) is 4.46. The molecule has 10 nitrogen and oxygen atoms in total. The fraction of sp³-hybridized carbons (Fsp3) is 0.222. The van der Waals surface area contributed by atoms with Crippen LogP contribution in [0.4, 0.5) is 16.3 Å². The molecule has 3 heterocycles. The van der Waals surface area contributed by atoms with E-state index in [4.69, 9.17) is 16.6 Å². The van der Waals surface area contributed by atoms with Crippen molar-refractivity contribution in [2.45, 2.75) is 19.0 Å². The number of para-hydroxylation sites is 1. The first-order valence-electron chi connectivity index (χ1n) is 12.3. The lowest BCUT2D eigenvalue weighted by atomic mass is 10.1. The monoisotopic (exact) mass is 530 g/mol. The highest BCUT2D eigenvalue weighted by Gasteiger charge is 2.32. The summed E-state index contributed by atoms with van der Waals surface area (Å²) in [5, 5.41) is 6.57. The van der Waals surface area contributed by atoms with Gasteiger partial charge in [-0.15, -0.1) is 0 Å². The molecule has 1 aliphatic heterocycles. The second-order valence-electron chi connectivity index (χ2n) is 8.88. The number of carbonyl (C=O) groups excluding carboxylic acids is 2. The molecule has 3 amide bonds. The standard InChI is InChI=1S/C27H27ClN8O2/c28-21-8-6-20(7-9-21)17-31-25(37)16-23-18-34(27(38)32-22-4-2-1-3-5-22)14-15-36(23)24-10-11-30-26(33-24)35-13-12-29-19-35/h1-13,19,23H,14-18H2,(H,31,37)(H,32,38). The van der Waals surface area contributed by atoms with Crippen LogP contribution in [0, 0.1) is 0 Å². The number of rotatable bonds is 7. The predicted octanol–water partition coefficient (Wildman–Crippen LogP) is 3.74. The molecule has 2 aromatic carbocycles. The van der Waals surface area contributed by atoms with Gasteiger partial charge in [0.25, 0.3) is 0 Å². The van der Waals surface area contributed by atoms with Crippen molar-refractivity contribution in [1.29, 1.82) is 0 Å². The van der Waals surface area contributed by atoms with Crippen LogP contribution in [-0.2, 0) is 11.3 Å². The van der Waals surface area contributed by atoms with Gasteiger partial charge >= 0.3 is 6.03 Å². The van der Waals surface area contributed by atoms with E-state index in [0.717, 1.165) is 11.3 Å². The first-order valence-corrected chi connectivity index (χ1v) is 12.6. The fourth-order valence-electron chi connectivity index (χ4n) is 4.33. The third-order valence-electron chi connectivity index (χ3n) is 6.28. The molecule has 5 rings (SSSR count). The molecule has 1 unspecified atom stereocenters. The second-order valence-corrected chi connectivity index (χ2v) is 9.32. The average Bonchev–Trinajstić information content (AvgIpc) is 3.49. The summed E-state index contributed by atoms with van der Waals surface area (Å²) in [6, 6.07) is 18.0.